The number of carbonyl (C=O) groups is 1. The van der Waals surface area contributed by atoms with Crippen LogP contribution in [0.4, 0.5) is 10.5 Å². The molecule has 1 fully saturated rings. The molecule has 0 saturated carbocycles. The Morgan fingerprint density at radius 2 is 2.30 bits per heavy atom. The molecule has 1 aromatic rings. The molecule has 0 radical (unpaired) electrons. The lowest BCUT2D eigenvalue weighted by Gasteiger charge is -2.43. The van der Waals surface area contributed by atoms with Crippen LogP contribution >= 0.6 is 0 Å². The van der Waals surface area contributed by atoms with E-state index >= 15 is 0 Å². The largest absolute Gasteiger partial charge is 0.324 e. The summed E-state index contributed by atoms with van der Waals surface area (Å²) in [5.74, 6) is 0. The number of likely N-dealkylation sites (tertiary alicyclic amines) is 1. The van der Waals surface area contributed by atoms with Gasteiger partial charge in [-0.2, -0.15) is 0 Å². The van der Waals surface area contributed by atoms with Crippen molar-refractivity contribution in [3.05, 3.63) is 36.7 Å². The van der Waals surface area contributed by atoms with Gasteiger partial charge >= 0.3 is 6.03 Å². The van der Waals surface area contributed by atoms with Gasteiger partial charge in [0.2, 0.25) is 0 Å². The van der Waals surface area contributed by atoms with Crippen LogP contribution in [0.3, 0.4) is 0 Å². The number of anilines is 1. The van der Waals surface area contributed by atoms with Gasteiger partial charge in [0.1, 0.15) is 0 Å². The first-order chi connectivity index (χ1) is 9.77. The van der Waals surface area contributed by atoms with E-state index in [1.54, 1.807) is 12.4 Å². The van der Waals surface area contributed by atoms with Crippen molar-refractivity contribution in [1.82, 2.24) is 9.88 Å². The van der Waals surface area contributed by atoms with Crippen LogP contribution in [-0.4, -0.2) is 29.0 Å². The van der Waals surface area contributed by atoms with E-state index in [0.717, 1.165) is 38.0 Å². The number of aromatic nitrogens is 1. The van der Waals surface area contributed by atoms with E-state index in [1.165, 1.54) is 12.8 Å². The molecule has 1 spiro atoms. The number of hydrogen-bond donors (Lipinski definition) is 1. The summed E-state index contributed by atoms with van der Waals surface area (Å²) in [6, 6.07) is 3.71. The van der Waals surface area contributed by atoms with Crippen LogP contribution in [0.2, 0.25) is 0 Å². The van der Waals surface area contributed by atoms with Gasteiger partial charge < -0.3 is 10.2 Å². The lowest BCUT2D eigenvalue weighted by Crippen LogP contribution is -2.48. The average molecular weight is 271 g/mol. The molecule has 1 N–H and O–H groups in total. The maximum Gasteiger partial charge on any atom is 0.321 e. The number of pyridine rings is 1. The molecule has 1 aromatic heterocycles. The number of hydrogen-bond acceptors (Lipinski definition) is 2. The SMILES string of the molecule is O=C(Nc1cccnc1)N1CCCC2(CC=CCC2)C1. The van der Waals surface area contributed by atoms with Gasteiger partial charge in [0, 0.05) is 19.3 Å². The minimum absolute atomic E-state index is 0.00614. The number of carbonyl (C=O) groups excluding carboxylic acids is 1. The van der Waals surface area contributed by atoms with Crippen molar-refractivity contribution < 1.29 is 4.79 Å². The highest BCUT2D eigenvalue weighted by molar-refractivity contribution is 5.89. The molecule has 4 heteroatoms. The summed E-state index contributed by atoms with van der Waals surface area (Å²) in [7, 11) is 0. The van der Waals surface area contributed by atoms with E-state index in [0.29, 0.717) is 5.41 Å². The van der Waals surface area contributed by atoms with Gasteiger partial charge in [-0.1, -0.05) is 12.2 Å². The molecule has 0 bridgehead atoms. The zero-order valence-corrected chi connectivity index (χ0v) is 11.7. The summed E-state index contributed by atoms with van der Waals surface area (Å²) >= 11 is 0. The van der Waals surface area contributed by atoms with E-state index in [1.807, 2.05) is 17.0 Å². The third-order valence-electron chi connectivity index (χ3n) is 4.42. The lowest BCUT2D eigenvalue weighted by molar-refractivity contribution is 0.102. The van der Waals surface area contributed by atoms with Crippen molar-refractivity contribution in [2.24, 2.45) is 5.41 Å². The van der Waals surface area contributed by atoms with Crippen molar-refractivity contribution in [3.8, 4) is 0 Å². The predicted molar refractivity (Wildman–Crippen MR) is 79.5 cm³/mol. The highest BCUT2D eigenvalue weighted by atomic mass is 16.2. The zero-order chi connectivity index (χ0) is 13.8. The Morgan fingerprint density at radius 3 is 3.05 bits per heavy atom. The molecular formula is C16H21N3O. The van der Waals surface area contributed by atoms with Gasteiger partial charge in [0.05, 0.1) is 11.9 Å². The highest BCUT2D eigenvalue weighted by Crippen LogP contribution is 2.40. The predicted octanol–water partition coefficient (Wildman–Crippen LogP) is 3.44. The van der Waals surface area contributed by atoms with Crippen LogP contribution in [0.5, 0.6) is 0 Å². The monoisotopic (exact) mass is 271 g/mol. The zero-order valence-electron chi connectivity index (χ0n) is 11.7. The molecule has 1 saturated heterocycles. The molecule has 0 aromatic carbocycles. The van der Waals surface area contributed by atoms with Crippen molar-refractivity contribution >= 4 is 11.7 Å². The summed E-state index contributed by atoms with van der Waals surface area (Å²) in [6.45, 7) is 1.74. The average Bonchev–Trinajstić information content (AvgIpc) is 2.49. The fraction of sp³-hybridized carbons (Fsp3) is 0.500. The first kappa shape index (κ1) is 13.2. The Balaban J connectivity index is 1.64. The first-order valence-electron chi connectivity index (χ1n) is 7.38. The number of piperidine rings is 1. The molecular weight excluding hydrogens is 250 g/mol. The topological polar surface area (TPSA) is 45.2 Å². The van der Waals surface area contributed by atoms with E-state index in [9.17, 15) is 4.79 Å². The molecule has 1 aliphatic heterocycles. The molecule has 2 aliphatic rings. The Morgan fingerprint density at radius 1 is 1.35 bits per heavy atom. The van der Waals surface area contributed by atoms with Crippen LogP contribution in [0.1, 0.15) is 32.1 Å². The Labute approximate surface area is 119 Å². The van der Waals surface area contributed by atoms with E-state index in [-0.39, 0.29) is 6.03 Å². The van der Waals surface area contributed by atoms with Gasteiger partial charge in [0.15, 0.2) is 0 Å². The van der Waals surface area contributed by atoms with Gasteiger partial charge in [-0.25, -0.2) is 4.79 Å². The second kappa shape index (κ2) is 5.65. The van der Waals surface area contributed by atoms with Crippen molar-refractivity contribution in [1.29, 1.82) is 0 Å². The second-order valence-electron chi connectivity index (χ2n) is 5.91. The number of nitrogens with one attached hydrogen (secondary N) is 1. The van der Waals surface area contributed by atoms with Crippen LogP contribution in [0.15, 0.2) is 36.7 Å². The summed E-state index contributed by atoms with van der Waals surface area (Å²) in [4.78, 5) is 18.4. The third-order valence-corrected chi connectivity index (χ3v) is 4.42. The van der Waals surface area contributed by atoms with Crippen LogP contribution < -0.4 is 5.32 Å². The maximum atomic E-state index is 12.4. The molecule has 20 heavy (non-hydrogen) atoms. The molecule has 2 amide bonds. The molecule has 4 nitrogen and oxygen atoms in total. The summed E-state index contributed by atoms with van der Waals surface area (Å²) in [5, 5.41) is 2.94. The van der Waals surface area contributed by atoms with Crippen LogP contribution in [-0.2, 0) is 0 Å². The van der Waals surface area contributed by atoms with E-state index in [4.69, 9.17) is 0 Å². The summed E-state index contributed by atoms with van der Waals surface area (Å²) in [6.07, 6.45) is 13.8. The van der Waals surface area contributed by atoms with Gasteiger partial charge in [0.25, 0.3) is 0 Å². The maximum absolute atomic E-state index is 12.4. The molecule has 1 aliphatic carbocycles. The quantitative estimate of drug-likeness (QED) is 0.795. The van der Waals surface area contributed by atoms with Crippen LogP contribution in [0.25, 0.3) is 0 Å². The van der Waals surface area contributed by atoms with Crippen molar-refractivity contribution in [2.45, 2.75) is 32.1 Å². The number of rotatable bonds is 1. The molecule has 1 atom stereocenters. The minimum atomic E-state index is 0.00614. The first-order valence-corrected chi connectivity index (χ1v) is 7.38. The van der Waals surface area contributed by atoms with Crippen LogP contribution in [0, 0.1) is 5.41 Å². The smallest absolute Gasteiger partial charge is 0.321 e. The van der Waals surface area contributed by atoms with Crippen molar-refractivity contribution in [3.63, 3.8) is 0 Å². The number of urea groups is 1. The van der Waals surface area contributed by atoms with Gasteiger partial charge in [-0.15, -0.1) is 0 Å². The van der Waals surface area contributed by atoms with E-state index < -0.39 is 0 Å². The molecule has 1 unspecified atom stereocenters. The Hall–Kier alpha value is -1.84. The number of nitrogens with zero attached hydrogens (tertiary/aromatic N) is 2. The number of amides is 2. The molecule has 2 heterocycles. The number of allylic oxidation sites excluding steroid dienone is 2. The third kappa shape index (κ3) is 2.84. The second-order valence-corrected chi connectivity index (χ2v) is 5.91. The summed E-state index contributed by atoms with van der Waals surface area (Å²) in [5.41, 5.74) is 1.08. The van der Waals surface area contributed by atoms with E-state index in [2.05, 4.69) is 22.5 Å². The fourth-order valence-corrected chi connectivity index (χ4v) is 3.33. The minimum Gasteiger partial charge on any atom is -0.324 e. The van der Waals surface area contributed by atoms with Gasteiger partial charge in [-0.3, -0.25) is 4.98 Å². The lowest BCUT2D eigenvalue weighted by atomic mass is 9.71. The highest BCUT2D eigenvalue weighted by Gasteiger charge is 2.36. The fourth-order valence-electron chi connectivity index (χ4n) is 3.33. The normalized spacial score (nSPS) is 25.7. The Kier molecular flexibility index (Phi) is 3.72. The van der Waals surface area contributed by atoms with Gasteiger partial charge in [-0.05, 0) is 49.7 Å². The standard InChI is InChI=1S/C16H21N3O/c20-15(18-14-6-4-10-17-12-14)19-11-5-9-16(13-19)7-2-1-3-8-16/h1-2,4,6,10,12H,3,5,7-9,11,13H2,(H,18,20). The summed E-state index contributed by atoms with van der Waals surface area (Å²) < 4.78 is 0. The molecule has 3 rings (SSSR count). The Bertz CT molecular complexity index is 500. The van der Waals surface area contributed by atoms with Crippen molar-refractivity contribution in [2.75, 3.05) is 18.4 Å². The molecule has 106 valence electrons.